The Labute approximate surface area is 163 Å². The first-order chi connectivity index (χ1) is 12.6. The molecule has 136 valence electrons. The van der Waals surface area contributed by atoms with Gasteiger partial charge in [-0.3, -0.25) is 9.36 Å². The quantitative estimate of drug-likeness (QED) is 0.479. The topological polar surface area (TPSA) is 59.7 Å². The van der Waals surface area contributed by atoms with Crippen molar-refractivity contribution in [3.8, 4) is 0 Å². The second-order valence-electron chi connectivity index (χ2n) is 6.07. The zero-order valence-electron chi connectivity index (χ0n) is 14.5. The Morgan fingerprint density at radius 1 is 1.12 bits per heavy atom. The van der Waals surface area contributed by atoms with Crippen molar-refractivity contribution in [3.63, 3.8) is 0 Å². The predicted octanol–water partition coefficient (Wildman–Crippen LogP) is 3.47. The zero-order chi connectivity index (χ0) is 18.4. The average molecular weight is 389 g/mol. The van der Waals surface area contributed by atoms with Gasteiger partial charge in [0, 0.05) is 25.5 Å². The van der Waals surface area contributed by atoms with Crippen molar-refractivity contribution in [1.29, 1.82) is 0 Å². The van der Waals surface area contributed by atoms with Crippen LogP contribution in [0, 0.1) is 6.92 Å². The molecule has 2 heterocycles. The molecule has 2 aromatic heterocycles. The predicted molar refractivity (Wildman–Crippen MR) is 109 cm³/mol. The van der Waals surface area contributed by atoms with Crippen LogP contribution in [0.1, 0.15) is 17.5 Å². The van der Waals surface area contributed by atoms with Gasteiger partial charge in [0.2, 0.25) is 0 Å². The minimum Gasteiger partial charge on any atom is -0.362 e. The Kier molecular flexibility index (Phi) is 6.25. The molecule has 8 heteroatoms. The molecule has 0 aliphatic rings. The Morgan fingerprint density at radius 3 is 2.62 bits per heavy atom. The fourth-order valence-electron chi connectivity index (χ4n) is 2.47. The van der Waals surface area contributed by atoms with Crippen molar-refractivity contribution >= 4 is 34.6 Å². The van der Waals surface area contributed by atoms with Crippen molar-refractivity contribution in [2.45, 2.75) is 26.4 Å². The van der Waals surface area contributed by atoms with E-state index in [-0.39, 0.29) is 0 Å². The summed E-state index contributed by atoms with van der Waals surface area (Å²) >= 11 is 11.2. The van der Waals surface area contributed by atoms with E-state index < -0.39 is 0 Å². The normalized spacial score (nSPS) is 10.7. The summed E-state index contributed by atoms with van der Waals surface area (Å²) in [5, 5.41) is 16.1. The van der Waals surface area contributed by atoms with Crippen molar-refractivity contribution in [1.82, 2.24) is 24.9 Å². The van der Waals surface area contributed by atoms with Crippen LogP contribution in [0.2, 0.25) is 5.02 Å². The number of halogens is 1. The smallest absolute Gasteiger partial charge is 0.170 e. The molecule has 1 aromatic carbocycles. The molecular formula is C18H21ClN6S. The first-order valence-corrected chi connectivity index (χ1v) is 9.18. The molecule has 6 nitrogen and oxygen atoms in total. The maximum absolute atomic E-state index is 5.84. The molecule has 3 rings (SSSR count). The third kappa shape index (κ3) is 5.57. The average Bonchev–Trinajstić information content (AvgIpc) is 3.23. The Balaban J connectivity index is 1.40. The molecule has 3 aromatic rings. The molecule has 0 unspecified atom stereocenters. The number of aromatic nitrogens is 4. The summed E-state index contributed by atoms with van der Waals surface area (Å²) in [5.74, 6) is 0. The molecule has 0 amide bonds. The number of rotatable bonds is 7. The lowest BCUT2D eigenvalue weighted by atomic mass is 10.1. The minimum absolute atomic E-state index is 0.582. The van der Waals surface area contributed by atoms with Crippen molar-refractivity contribution < 1.29 is 0 Å². The Bertz CT molecular complexity index is 855. The number of anilines is 1. The molecule has 26 heavy (non-hydrogen) atoms. The van der Waals surface area contributed by atoms with Gasteiger partial charge >= 0.3 is 0 Å². The van der Waals surface area contributed by atoms with Crippen molar-refractivity contribution in [2.75, 3.05) is 11.9 Å². The van der Waals surface area contributed by atoms with Gasteiger partial charge < -0.3 is 10.6 Å². The van der Waals surface area contributed by atoms with Gasteiger partial charge in [-0.05, 0) is 31.1 Å². The summed E-state index contributed by atoms with van der Waals surface area (Å²) in [5.41, 5.74) is 3.33. The molecule has 0 fully saturated rings. The van der Waals surface area contributed by atoms with Crippen LogP contribution in [0.15, 0.2) is 49.1 Å². The third-order valence-corrected chi connectivity index (χ3v) is 4.25. The van der Waals surface area contributed by atoms with Crippen LogP contribution >= 0.6 is 23.8 Å². The van der Waals surface area contributed by atoms with E-state index in [1.807, 2.05) is 15.6 Å². The molecule has 0 saturated carbocycles. The molecule has 0 atom stereocenters. The molecule has 0 radical (unpaired) electrons. The molecular weight excluding hydrogens is 368 g/mol. The molecule has 0 aliphatic heterocycles. The van der Waals surface area contributed by atoms with Crippen molar-refractivity contribution in [3.05, 3.63) is 65.2 Å². The van der Waals surface area contributed by atoms with E-state index >= 15 is 0 Å². The first-order valence-electron chi connectivity index (χ1n) is 8.39. The lowest BCUT2D eigenvalue weighted by Crippen LogP contribution is -2.29. The van der Waals surface area contributed by atoms with Crippen LogP contribution in [-0.2, 0) is 13.1 Å². The van der Waals surface area contributed by atoms with Gasteiger partial charge in [0.1, 0.15) is 0 Å². The number of benzene rings is 1. The second kappa shape index (κ2) is 8.82. The van der Waals surface area contributed by atoms with Gasteiger partial charge in [-0.15, -0.1) is 0 Å². The van der Waals surface area contributed by atoms with E-state index in [4.69, 9.17) is 23.8 Å². The Morgan fingerprint density at radius 2 is 1.88 bits per heavy atom. The van der Waals surface area contributed by atoms with E-state index in [2.05, 4.69) is 52.0 Å². The first kappa shape index (κ1) is 18.4. The van der Waals surface area contributed by atoms with Crippen LogP contribution in [-0.4, -0.2) is 31.2 Å². The number of hydrogen-bond acceptors (Lipinski definition) is 3. The van der Waals surface area contributed by atoms with Crippen molar-refractivity contribution in [2.24, 2.45) is 0 Å². The summed E-state index contributed by atoms with van der Waals surface area (Å²) in [6.45, 7) is 4.35. The van der Waals surface area contributed by atoms with Gasteiger partial charge in [-0.1, -0.05) is 41.4 Å². The number of nitrogens with zero attached hydrogens (tertiary/aromatic N) is 4. The van der Waals surface area contributed by atoms with Crippen LogP contribution in [0.25, 0.3) is 0 Å². The van der Waals surface area contributed by atoms with Crippen LogP contribution in [0.3, 0.4) is 0 Å². The van der Waals surface area contributed by atoms with E-state index in [0.29, 0.717) is 10.1 Å². The largest absolute Gasteiger partial charge is 0.362 e. The molecule has 0 bridgehead atoms. The highest BCUT2D eigenvalue weighted by molar-refractivity contribution is 7.80. The minimum atomic E-state index is 0.582. The van der Waals surface area contributed by atoms with E-state index in [1.54, 1.807) is 18.6 Å². The highest BCUT2D eigenvalue weighted by atomic mass is 35.5. The number of aryl methyl sites for hydroxylation is 2. The highest BCUT2D eigenvalue weighted by Crippen LogP contribution is 2.09. The molecule has 2 N–H and O–H groups in total. The second-order valence-corrected chi connectivity index (χ2v) is 6.91. The zero-order valence-corrected chi connectivity index (χ0v) is 16.1. The Hall–Kier alpha value is -2.38. The lowest BCUT2D eigenvalue weighted by molar-refractivity contribution is 0.574. The number of thiocarbonyl (C=S) groups is 1. The van der Waals surface area contributed by atoms with Gasteiger partial charge in [0.05, 0.1) is 29.6 Å². The standard InChI is InChI=1S/C18H21ClN6S/c1-14-3-5-15(6-4-14)11-25-13-17(10-22-25)23-18(26)20-7-2-8-24-12-16(19)9-21-24/h3-6,9-10,12-13H,2,7-8,11H2,1H3,(H2,20,23,26). The number of nitrogens with one attached hydrogen (secondary N) is 2. The molecule has 0 spiro atoms. The summed E-state index contributed by atoms with van der Waals surface area (Å²) in [6, 6.07) is 8.44. The maximum atomic E-state index is 5.84. The van der Waals surface area contributed by atoms with Gasteiger partial charge in [0.25, 0.3) is 0 Å². The van der Waals surface area contributed by atoms with Gasteiger partial charge in [0.15, 0.2) is 5.11 Å². The van der Waals surface area contributed by atoms with E-state index in [0.717, 1.165) is 31.7 Å². The summed E-state index contributed by atoms with van der Waals surface area (Å²) in [6.07, 6.45) is 8.05. The fraction of sp³-hybridized carbons (Fsp3) is 0.278. The molecule has 0 saturated heterocycles. The summed E-state index contributed by atoms with van der Waals surface area (Å²) < 4.78 is 3.70. The SMILES string of the molecule is Cc1ccc(Cn2cc(NC(=S)NCCCn3cc(Cl)cn3)cn2)cc1. The van der Waals surface area contributed by atoms with E-state index in [1.165, 1.54) is 11.1 Å². The monoisotopic (exact) mass is 388 g/mol. The molecule has 0 aliphatic carbocycles. The number of hydrogen-bond donors (Lipinski definition) is 2. The van der Waals surface area contributed by atoms with Crippen LogP contribution in [0.4, 0.5) is 5.69 Å². The fourth-order valence-corrected chi connectivity index (χ4v) is 2.85. The van der Waals surface area contributed by atoms with E-state index in [9.17, 15) is 0 Å². The third-order valence-electron chi connectivity index (χ3n) is 3.81. The summed E-state index contributed by atoms with van der Waals surface area (Å²) in [7, 11) is 0. The van der Waals surface area contributed by atoms with Crippen LogP contribution in [0.5, 0.6) is 0 Å². The lowest BCUT2D eigenvalue weighted by Gasteiger charge is -2.08. The maximum Gasteiger partial charge on any atom is 0.170 e. The van der Waals surface area contributed by atoms with Crippen LogP contribution < -0.4 is 10.6 Å². The van der Waals surface area contributed by atoms with Gasteiger partial charge in [-0.25, -0.2) is 0 Å². The summed E-state index contributed by atoms with van der Waals surface area (Å²) in [4.78, 5) is 0. The van der Waals surface area contributed by atoms with Gasteiger partial charge in [-0.2, -0.15) is 10.2 Å². The highest BCUT2D eigenvalue weighted by Gasteiger charge is 2.02.